The van der Waals surface area contributed by atoms with Crippen molar-refractivity contribution >= 4 is 27.8 Å². The summed E-state index contributed by atoms with van der Waals surface area (Å²) in [4.78, 5) is 0. The Kier molecular flexibility index (Phi) is 3.10. The molecular formula is C9H11N3S2. The van der Waals surface area contributed by atoms with Crippen LogP contribution in [0.5, 0.6) is 0 Å². The van der Waals surface area contributed by atoms with Crippen LogP contribution in [0.4, 0.5) is 5.13 Å². The van der Waals surface area contributed by atoms with Gasteiger partial charge in [0.2, 0.25) is 5.13 Å². The van der Waals surface area contributed by atoms with E-state index in [1.54, 1.807) is 22.7 Å². The molecule has 2 aromatic rings. The van der Waals surface area contributed by atoms with Gasteiger partial charge in [0.25, 0.3) is 0 Å². The van der Waals surface area contributed by atoms with E-state index in [2.05, 4.69) is 32.3 Å². The Morgan fingerprint density at radius 2 is 2.36 bits per heavy atom. The topological polar surface area (TPSA) is 37.8 Å². The van der Waals surface area contributed by atoms with E-state index in [0.717, 1.165) is 23.1 Å². The highest BCUT2D eigenvalue weighted by Crippen LogP contribution is 2.13. The average molecular weight is 225 g/mol. The minimum Gasteiger partial charge on any atom is -0.360 e. The van der Waals surface area contributed by atoms with Crippen molar-refractivity contribution in [2.75, 3.05) is 11.9 Å². The van der Waals surface area contributed by atoms with Gasteiger partial charge in [-0.15, -0.1) is 10.2 Å². The molecule has 0 aliphatic rings. The normalized spacial score (nSPS) is 10.4. The molecule has 2 heterocycles. The zero-order valence-corrected chi connectivity index (χ0v) is 9.49. The van der Waals surface area contributed by atoms with Crippen LogP contribution in [0.1, 0.15) is 10.6 Å². The molecule has 2 aromatic heterocycles. The lowest BCUT2D eigenvalue weighted by Crippen LogP contribution is -2.03. The van der Waals surface area contributed by atoms with Crippen LogP contribution in [0, 0.1) is 6.92 Å². The summed E-state index contributed by atoms with van der Waals surface area (Å²) in [5.41, 5.74) is 1.38. The summed E-state index contributed by atoms with van der Waals surface area (Å²) in [6, 6.07) is 2.15. The number of anilines is 1. The zero-order valence-electron chi connectivity index (χ0n) is 7.86. The molecule has 1 N–H and O–H groups in total. The van der Waals surface area contributed by atoms with E-state index < -0.39 is 0 Å². The first-order valence-electron chi connectivity index (χ1n) is 4.39. The molecule has 2 rings (SSSR count). The lowest BCUT2D eigenvalue weighted by Gasteiger charge is -1.98. The number of hydrogen-bond acceptors (Lipinski definition) is 5. The van der Waals surface area contributed by atoms with Crippen LogP contribution in [0.2, 0.25) is 0 Å². The van der Waals surface area contributed by atoms with Crippen molar-refractivity contribution in [3.8, 4) is 0 Å². The van der Waals surface area contributed by atoms with Gasteiger partial charge in [-0.3, -0.25) is 0 Å². The van der Waals surface area contributed by atoms with Crippen molar-refractivity contribution in [3.05, 3.63) is 27.4 Å². The Morgan fingerprint density at radius 1 is 1.43 bits per heavy atom. The fraction of sp³-hybridized carbons (Fsp3) is 0.333. The molecule has 74 valence electrons. The number of nitrogens with zero attached hydrogens (tertiary/aromatic N) is 2. The highest BCUT2D eigenvalue weighted by Gasteiger charge is 1.98. The molecule has 0 amide bonds. The predicted molar refractivity (Wildman–Crippen MR) is 61.2 cm³/mol. The van der Waals surface area contributed by atoms with Gasteiger partial charge in [-0.05, 0) is 35.7 Å². The van der Waals surface area contributed by atoms with Gasteiger partial charge in [0.1, 0.15) is 5.01 Å². The quantitative estimate of drug-likeness (QED) is 0.869. The third-order valence-electron chi connectivity index (χ3n) is 1.80. The number of rotatable bonds is 4. The summed E-state index contributed by atoms with van der Waals surface area (Å²) < 4.78 is 0. The molecule has 0 saturated carbocycles. The maximum atomic E-state index is 3.99. The van der Waals surface area contributed by atoms with E-state index in [9.17, 15) is 0 Å². The molecule has 0 saturated heterocycles. The molecule has 0 aliphatic heterocycles. The van der Waals surface area contributed by atoms with E-state index in [1.807, 2.05) is 6.92 Å². The van der Waals surface area contributed by atoms with Crippen LogP contribution in [0.25, 0.3) is 0 Å². The second kappa shape index (κ2) is 4.52. The average Bonchev–Trinajstić information content (AvgIpc) is 2.77. The molecule has 0 fully saturated rings. The van der Waals surface area contributed by atoms with Gasteiger partial charge in [-0.25, -0.2) is 0 Å². The van der Waals surface area contributed by atoms with Crippen LogP contribution >= 0.6 is 22.7 Å². The predicted octanol–water partition coefficient (Wildman–Crippen LogP) is 2.56. The SMILES string of the molecule is Cc1nnc(NCCc2ccsc2)s1. The summed E-state index contributed by atoms with van der Waals surface area (Å²) in [6.07, 6.45) is 1.04. The maximum Gasteiger partial charge on any atom is 0.205 e. The van der Waals surface area contributed by atoms with Crippen LogP contribution in [0.3, 0.4) is 0 Å². The largest absolute Gasteiger partial charge is 0.360 e. The van der Waals surface area contributed by atoms with Crippen LogP contribution in [0.15, 0.2) is 16.8 Å². The van der Waals surface area contributed by atoms with Gasteiger partial charge in [-0.2, -0.15) is 11.3 Å². The van der Waals surface area contributed by atoms with E-state index in [0.29, 0.717) is 0 Å². The number of hydrogen-bond donors (Lipinski definition) is 1. The van der Waals surface area contributed by atoms with Crippen molar-refractivity contribution in [2.45, 2.75) is 13.3 Å². The highest BCUT2D eigenvalue weighted by molar-refractivity contribution is 7.15. The minimum atomic E-state index is 0.915. The second-order valence-corrected chi connectivity index (χ2v) is 4.90. The molecule has 0 radical (unpaired) electrons. The van der Waals surface area contributed by atoms with Gasteiger partial charge in [-0.1, -0.05) is 11.3 Å². The first-order chi connectivity index (χ1) is 6.84. The van der Waals surface area contributed by atoms with Crippen molar-refractivity contribution in [1.29, 1.82) is 0 Å². The summed E-state index contributed by atoms with van der Waals surface area (Å²) in [7, 11) is 0. The first-order valence-corrected chi connectivity index (χ1v) is 6.15. The fourth-order valence-corrected chi connectivity index (χ4v) is 2.44. The number of nitrogens with one attached hydrogen (secondary N) is 1. The molecule has 0 spiro atoms. The Hall–Kier alpha value is -0.940. The van der Waals surface area contributed by atoms with E-state index in [-0.39, 0.29) is 0 Å². The first kappa shape index (κ1) is 9.61. The Labute approximate surface area is 90.8 Å². The Bertz CT molecular complexity index is 380. The van der Waals surface area contributed by atoms with E-state index in [1.165, 1.54) is 5.56 Å². The molecule has 3 nitrogen and oxygen atoms in total. The lowest BCUT2D eigenvalue weighted by atomic mass is 10.2. The van der Waals surface area contributed by atoms with E-state index >= 15 is 0 Å². The molecule has 0 unspecified atom stereocenters. The highest BCUT2D eigenvalue weighted by atomic mass is 32.1. The van der Waals surface area contributed by atoms with Gasteiger partial charge in [0, 0.05) is 6.54 Å². The van der Waals surface area contributed by atoms with Crippen LogP contribution < -0.4 is 5.32 Å². The van der Waals surface area contributed by atoms with Gasteiger partial charge < -0.3 is 5.32 Å². The van der Waals surface area contributed by atoms with Crippen molar-refractivity contribution in [3.63, 3.8) is 0 Å². The van der Waals surface area contributed by atoms with Gasteiger partial charge >= 0.3 is 0 Å². The summed E-state index contributed by atoms with van der Waals surface area (Å²) in [5.74, 6) is 0. The summed E-state index contributed by atoms with van der Waals surface area (Å²) in [6.45, 7) is 2.88. The Morgan fingerprint density at radius 3 is 3.00 bits per heavy atom. The fourth-order valence-electron chi connectivity index (χ4n) is 1.12. The molecule has 5 heteroatoms. The third-order valence-corrected chi connectivity index (χ3v) is 3.32. The molecule has 0 bridgehead atoms. The maximum absolute atomic E-state index is 3.99. The number of aryl methyl sites for hydroxylation is 1. The molecule has 0 atom stereocenters. The number of aromatic nitrogens is 2. The standard InChI is InChI=1S/C9H11N3S2/c1-7-11-12-9(14-7)10-4-2-8-3-5-13-6-8/h3,5-6H,2,4H2,1H3,(H,10,12). The molecule has 0 aliphatic carbocycles. The monoisotopic (exact) mass is 225 g/mol. The molecule has 14 heavy (non-hydrogen) atoms. The van der Waals surface area contributed by atoms with Crippen LogP contribution in [-0.4, -0.2) is 16.7 Å². The third kappa shape index (κ3) is 2.52. The van der Waals surface area contributed by atoms with Crippen molar-refractivity contribution < 1.29 is 0 Å². The van der Waals surface area contributed by atoms with Crippen molar-refractivity contribution in [2.24, 2.45) is 0 Å². The second-order valence-electron chi connectivity index (χ2n) is 2.93. The Balaban J connectivity index is 1.78. The van der Waals surface area contributed by atoms with Gasteiger partial charge in [0.15, 0.2) is 0 Å². The van der Waals surface area contributed by atoms with Crippen molar-refractivity contribution in [1.82, 2.24) is 10.2 Å². The smallest absolute Gasteiger partial charge is 0.205 e. The zero-order chi connectivity index (χ0) is 9.80. The molecular weight excluding hydrogens is 214 g/mol. The molecule has 0 aromatic carbocycles. The lowest BCUT2D eigenvalue weighted by molar-refractivity contribution is 0.990. The van der Waals surface area contributed by atoms with Gasteiger partial charge in [0.05, 0.1) is 0 Å². The van der Waals surface area contributed by atoms with E-state index in [4.69, 9.17) is 0 Å². The summed E-state index contributed by atoms with van der Waals surface area (Å²) >= 11 is 3.33. The minimum absolute atomic E-state index is 0.915. The summed E-state index contributed by atoms with van der Waals surface area (Å²) in [5, 5.41) is 17.4. The number of thiophene rings is 1. The van der Waals surface area contributed by atoms with Crippen LogP contribution in [-0.2, 0) is 6.42 Å².